The van der Waals surface area contributed by atoms with Crippen LogP contribution in [-0.4, -0.2) is 19.5 Å². The molecule has 0 spiro atoms. The van der Waals surface area contributed by atoms with E-state index >= 15 is 0 Å². The molecular formula is C16H11N5. The molecule has 4 aromatic rings. The Kier molecular flexibility index (Phi) is 2.33. The number of fused-ring (bicyclic) bond motifs is 2. The molecule has 0 fully saturated rings. The van der Waals surface area contributed by atoms with E-state index in [1.807, 2.05) is 41.9 Å². The number of nitrogens with zero attached hydrogens (tertiary/aromatic N) is 4. The van der Waals surface area contributed by atoms with E-state index in [1.54, 1.807) is 12.4 Å². The zero-order valence-corrected chi connectivity index (χ0v) is 11.3. The molecule has 0 aliphatic carbocycles. The van der Waals surface area contributed by atoms with Crippen molar-refractivity contribution >= 4 is 22.1 Å². The summed E-state index contributed by atoms with van der Waals surface area (Å²) >= 11 is 0. The van der Waals surface area contributed by atoms with Crippen molar-refractivity contribution in [3.05, 3.63) is 48.3 Å². The third kappa shape index (κ3) is 1.70. The largest absolute Gasteiger partial charge is 0.345 e. The summed E-state index contributed by atoms with van der Waals surface area (Å²) in [6.07, 6.45) is 1.68. The van der Waals surface area contributed by atoms with Gasteiger partial charge in [0.2, 0.25) is 0 Å². The number of benzene rings is 2. The highest BCUT2D eigenvalue weighted by atomic mass is 15.1. The number of aromatic amines is 1. The first kappa shape index (κ1) is 11.7. The molecule has 2 heterocycles. The van der Waals surface area contributed by atoms with Crippen molar-refractivity contribution in [2.24, 2.45) is 7.05 Å². The van der Waals surface area contributed by atoms with E-state index in [1.165, 1.54) is 0 Å². The Hall–Kier alpha value is -3.13. The van der Waals surface area contributed by atoms with Gasteiger partial charge in [-0.3, -0.25) is 0 Å². The number of hydrogen-bond donors (Lipinski definition) is 1. The summed E-state index contributed by atoms with van der Waals surface area (Å²) in [5.74, 6) is 0.872. The van der Waals surface area contributed by atoms with E-state index in [0.29, 0.717) is 5.56 Å². The molecule has 100 valence electrons. The fourth-order valence-electron chi connectivity index (χ4n) is 2.59. The quantitative estimate of drug-likeness (QED) is 0.579. The first-order chi connectivity index (χ1) is 10.3. The molecule has 4 rings (SSSR count). The molecule has 0 amide bonds. The third-order valence-corrected chi connectivity index (χ3v) is 3.69. The summed E-state index contributed by atoms with van der Waals surface area (Å²) in [6, 6.07) is 13.7. The standard InChI is InChI=1S/C16H11N5/c1-21-15-6-10(8-17)2-4-13(15)20-16(21)11-3-5-12-14(7-11)19-9-18-12/h2-7,9H,1H3,(H,18,19). The maximum absolute atomic E-state index is 9.02. The van der Waals surface area contributed by atoms with Crippen LogP contribution < -0.4 is 0 Å². The molecule has 0 unspecified atom stereocenters. The second-order valence-corrected chi connectivity index (χ2v) is 4.94. The van der Waals surface area contributed by atoms with Crippen LogP contribution in [0.1, 0.15) is 5.56 Å². The average molecular weight is 273 g/mol. The Morgan fingerprint density at radius 2 is 2.00 bits per heavy atom. The highest BCUT2D eigenvalue weighted by Gasteiger charge is 2.11. The summed E-state index contributed by atoms with van der Waals surface area (Å²) in [4.78, 5) is 12.0. The normalized spacial score (nSPS) is 11.0. The first-order valence-electron chi connectivity index (χ1n) is 6.56. The average Bonchev–Trinajstić information content (AvgIpc) is 3.11. The predicted molar refractivity (Wildman–Crippen MR) is 80.5 cm³/mol. The lowest BCUT2D eigenvalue weighted by Crippen LogP contribution is -1.92. The number of imidazole rings is 2. The number of nitrogens with one attached hydrogen (secondary N) is 1. The van der Waals surface area contributed by atoms with Crippen LogP contribution in [0.25, 0.3) is 33.5 Å². The van der Waals surface area contributed by atoms with E-state index in [2.05, 4.69) is 21.0 Å². The van der Waals surface area contributed by atoms with E-state index < -0.39 is 0 Å². The molecule has 1 N–H and O–H groups in total. The summed E-state index contributed by atoms with van der Waals surface area (Å²) in [7, 11) is 1.96. The van der Waals surface area contributed by atoms with Crippen LogP contribution in [0.4, 0.5) is 0 Å². The Labute approximate surface area is 120 Å². The molecule has 21 heavy (non-hydrogen) atoms. The van der Waals surface area contributed by atoms with E-state index in [0.717, 1.165) is 33.5 Å². The molecule has 0 saturated heterocycles. The Bertz CT molecular complexity index is 1020. The minimum Gasteiger partial charge on any atom is -0.345 e. The summed E-state index contributed by atoms with van der Waals surface area (Å²) in [5, 5.41) is 9.02. The minimum absolute atomic E-state index is 0.640. The Balaban J connectivity index is 1.97. The van der Waals surface area contributed by atoms with Gasteiger partial charge in [0.05, 0.1) is 40.0 Å². The van der Waals surface area contributed by atoms with Gasteiger partial charge >= 0.3 is 0 Å². The van der Waals surface area contributed by atoms with Gasteiger partial charge in [0.1, 0.15) is 5.82 Å². The van der Waals surface area contributed by atoms with Gasteiger partial charge in [-0.15, -0.1) is 0 Å². The monoisotopic (exact) mass is 273 g/mol. The van der Waals surface area contributed by atoms with Crippen LogP contribution in [0.15, 0.2) is 42.7 Å². The number of nitriles is 1. The highest BCUT2D eigenvalue weighted by molar-refractivity contribution is 5.85. The number of rotatable bonds is 1. The fraction of sp³-hybridized carbons (Fsp3) is 0.0625. The molecule has 2 aromatic carbocycles. The van der Waals surface area contributed by atoms with Gasteiger partial charge in [0.25, 0.3) is 0 Å². The van der Waals surface area contributed by atoms with E-state index in [-0.39, 0.29) is 0 Å². The van der Waals surface area contributed by atoms with Gasteiger partial charge < -0.3 is 9.55 Å². The Morgan fingerprint density at radius 3 is 2.86 bits per heavy atom. The van der Waals surface area contributed by atoms with Crippen LogP contribution in [0.2, 0.25) is 0 Å². The zero-order chi connectivity index (χ0) is 14.4. The molecule has 5 nitrogen and oxygen atoms in total. The Morgan fingerprint density at radius 1 is 1.14 bits per heavy atom. The lowest BCUT2D eigenvalue weighted by molar-refractivity contribution is 0.959. The third-order valence-electron chi connectivity index (χ3n) is 3.69. The molecule has 0 atom stereocenters. The van der Waals surface area contributed by atoms with Crippen LogP contribution in [0, 0.1) is 11.3 Å². The molecule has 0 aliphatic heterocycles. The minimum atomic E-state index is 0.640. The van der Waals surface area contributed by atoms with Crippen molar-refractivity contribution in [3.63, 3.8) is 0 Å². The maximum Gasteiger partial charge on any atom is 0.140 e. The van der Waals surface area contributed by atoms with Crippen molar-refractivity contribution in [2.75, 3.05) is 0 Å². The number of aryl methyl sites for hydroxylation is 1. The van der Waals surface area contributed by atoms with Gasteiger partial charge in [0, 0.05) is 12.6 Å². The highest BCUT2D eigenvalue weighted by Crippen LogP contribution is 2.26. The van der Waals surface area contributed by atoms with Gasteiger partial charge in [-0.1, -0.05) is 0 Å². The van der Waals surface area contributed by atoms with Crippen LogP contribution >= 0.6 is 0 Å². The lowest BCUT2D eigenvalue weighted by atomic mass is 10.2. The van der Waals surface area contributed by atoms with Crippen LogP contribution in [0.3, 0.4) is 0 Å². The summed E-state index contributed by atoms with van der Waals surface area (Å²) < 4.78 is 2.01. The summed E-state index contributed by atoms with van der Waals surface area (Å²) in [6.45, 7) is 0. The lowest BCUT2D eigenvalue weighted by Gasteiger charge is -2.02. The zero-order valence-electron chi connectivity index (χ0n) is 11.3. The van der Waals surface area contributed by atoms with Crippen molar-refractivity contribution in [1.29, 1.82) is 5.26 Å². The van der Waals surface area contributed by atoms with Crippen LogP contribution in [0.5, 0.6) is 0 Å². The van der Waals surface area contributed by atoms with Crippen LogP contribution in [-0.2, 0) is 7.05 Å². The van der Waals surface area contributed by atoms with Crippen molar-refractivity contribution in [1.82, 2.24) is 19.5 Å². The first-order valence-corrected chi connectivity index (χ1v) is 6.56. The van der Waals surface area contributed by atoms with Crippen molar-refractivity contribution in [3.8, 4) is 17.5 Å². The van der Waals surface area contributed by atoms with Gasteiger partial charge in [0.15, 0.2) is 0 Å². The smallest absolute Gasteiger partial charge is 0.140 e. The predicted octanol–water partition coefficient (Wildman–Crippen LogP) is 2.99. The van der Waals surface area contributed by atoms with E-state index in [4.69, 9.17) is 5.26 Å². The van der Waals surface area contributed by atoms with Gasteiger partial charge in [-0.05, 0) is 36.4 Å². The summed E-state index contributed by atoms with van der Waals surface area (Å²) in [5.41, 5.74) is 5.41. The topological polar surface area (TPSA) is 70.3 Å². The SMILES string of the molecule is Cn1c(-c2ccc3nc[nH]c3c2)nc2ccc(C#N)cc21. The molecule has 2 aromatic heterocycles. The fourth-order valence-corrected chi connectivity index (χ4v) is 2.59. The van der Waals surface area contributed by atoms with E-state index in [9.17, 15) is 0 Å². The molecule has 0 saturated carbocycles. The van der Waals surface area contributed by atoms with Gasteiger partial charge in [-0.25, -0.2) is 9.97 Å². The number of H-pyrrole nitrogens is 1. The maximum atomic E-state index is 9.02. The van der Waals surface area contributed by atoms with Crippen molar-refractivity contribution < 1.29 is 0 Å². The molecule has 5 heteroatoms. The second-order valence-electron chi connectivity index (χ2n) is 4.94. The number of hydrogen-bond acceptors (Lipinski definition) is 3. The molecular weight excluding hydrogens is 262 g/mol. The van der Waals surface area contributed by atoms with Crippen molar-refractivity contribution in [2.45, 2.75) is 0 Å². The second kappa shape index (κ2) is 4.18. The molecule has 0 radical (unpaired) electrons. The number of aromatic nitrogens is 4. The van der Waals surface area contributed by atoms with Gasteiger partial charge in [-0.2, -0.15) is 5.26 Å². The molecule has 0 bridgehead atoms. The molecule has 0 aliphatic rings.